The van der Waals surface area contributed by atoms with Gasteiger partial charge in [0.05, 0.1) is 38.9 Å². The molecular weight excluding hydrogens is 380 g/mol. The Labute approximate surface area is 175 Å². The first kappa shape index (κ1) is 19.6. The van der Waals surface area contributed by atoms with E-state index in [1.165, 1.54) is 0 Å². The van der Waals surface area contributed by atoms with E-state index in [2.05, 4.69) is 10.6 Å². The van der Waals surface area contributed by atoms with Gasteiger partial charge in [-0.15, -0.1) is 0 Å². The molecule has 0 bridgehead atoms. The van der Waals surface area contributed by atoms with Crippen molar-refractivity contribution in [3.8, 4) is 34.4 Å². The highest BCUT2D eigenvalue weighted by molar-refractivity contribution is 5.81. The first-order valence-corrected chi connectivity index (χ1v) is 9.68. The van der Waals surface area contributed by atoms with Crippen molar-refractivity contribution in [1.29, 1.82) is 0 Å². The molecule has 0 spiro atoms. The normalized spacial score (nSPS) is 10.8. The van der Waals surface area contributed by atoms with Gasteiger partial charge in [0.25, 0.3) is 0 Å². The number of nitrogens with zero attached hydrogens (tertiary/aromatic N) is 2. The van der Waals surface area contributed by atoms with Crippen molar-refractivity contribution in [1.82, 2.24) is 9.55 Å². The number of hydrogen-bond acceptors (Lipinski definition) is 5. The molecular formula is C24H24N2O4. The van der Waals surface area contributed by atoms with Gasteiger partial charge in [-0.1, -0.05) is 18.2 Å². The molecule has 154 valence electrons. The van der Waals surface area contributed by atoms with E-state index in [1.54, 1.807) is 21.3 Å². The van der Waals surface area contributed by atoms with Crippen LogP contribution in [0.3, 0.4) is 0 Å². The van der Waals surface area contributed by atoms with Gasteiger partial charge >= 0.3 is 0 Å². The standard InChI is InChI=1S/C24H24N2O4/c1-27-18-7-6-8-19(16-18)30-14-13-26-21-10-5-4-9-20(21)25-24(26)17-11-12-22(28-2)23(15-17)29-3/h4-12,15-16H,13-14H2,1-3H3. The summed E-state index contributed by atoms with van der Waals surface area (Å²) >= 11 is 0. The Bertz CT molecular complexity index is 1150. The number of methoxy groups -OCH3 is 3. The predicted octanol–water partition coefficient (Wildman–Crippen LogP) is 4.81. The lowest BCUT2D eigenvalue weighted by molar-refractivity contribution is 0.298. The van der Waals surface area contributed by atoms with Gasteiger partial charge in [0.1, 0.15) is 23.9 Å². The number of fused-ring (bicyclic) bond motifs is 1. The Kier molecular flexibility index (Phi) is 5.75. The zero-order valence-electron chi connectivity index (χ0n) is 17.3. The lowest BCUT2D eigenvalue weighted by atomic mass is 10.2. The van der Waals surface area contributed by atoms with Crippen molar-refractivity contribution >= 4 is 11.0 Å². The molecule has 0 saturated heterocycles. The largest absolute Gasteiger partial charge is 0.497 e. The molecule has 3 aromatic carbocycles. The van der Waals surface area contributed by atoms with Gasteiger partial charge in [-0.05, 0) is 42.5 Å². The second-order valence-electron chi connectivity index (χ2n) is 6.67. The minimum absolute atomic E-state index is 0.494. The van der Waals surface area contributed by atoms with Crippen LogP contribution in [0.5, 0.6) is 23.0 Å². The Balaban J connectivity index is 1.65. The molecule has 6 heteroatoms. The summed E-state index contributed by atoms with van der Waals surface area (Å²) in [5.41, 5.74) is 2.94. The van der Waals surface area contributed by atoms with Gasteiger partial charge in [-0.3, -0.25) is 0 Å². The minimum Gasteiger partial charge on any atom is -0.497 e. The average molecular weight is 404 g/mol. The van der Waals surface area contributed by atoms with Crippen LogP contribution in [0.2, 0.25) is 0 Å². The van der Waals surface area contributed by atoms with Crippen LogP contribution >= 0.6 is 0 Å². The number of hydrogen-bond donors (Lipinski definition) is 0. The van der Waals surface area contributed by atoms with E-state index in [0.29, 0.717) is 24.7 Å². The Morgan fingerprint density at radius 3 is 2.37 bits per heavy atom. The van der Waals surface area contributed by atoms with E-state index in [-0.39, 0.29) is 0 Å². The number of ether oxygens (including phenoxy) is 4. The molecule has 0 atom stereocenters. The summed E-state index contributed by atoms with van der Waals surface area (Å²) < 4.78 is 24.2. The lowest BCUT2D eigenvalue weighted by Crippen LogP contribution is -2.09. The Morgan fingerprint density at radius 2 is 1.57 bits per heavy atom. The van der Waals surface area contributed by atoms with Gasteiger partial charge in [0.15, 0.2) is 11.5 Å². The van der Waals surface area contributed by atoms with Gasteiger partial charge in [-0.2, -0.15) is 0 Å². The van der Waals surface area contributed by atoms with Gasteiger partial charge < -0.3 is 23.5 Å². The maximum Gasteiger partial charge on any atom is 0.161 e. The van der Waals surface area contributed by atoms with Crippen molar-refractivity contribution < 1.29 is 18.9 Å². The van der Waals surface area contributed by atoms with E-state index in [4.69, 9.17) is 23.9 Å². The van der Waals surface area contributed by atoms with Crippen LogP contribution in [0.15, 0.2) is 66.7 Å². The number of benzene rings is 3. The van der Waals surface area contributed by atoms with Crippen LogP contribution in [0.25, 0.3) is 22.4 Å². The van der Waals surface area contributed by atoms with E-state index in [0.717, 1.165) is 33.9 Å². The zero-order valence-corrected chi connectivity index (χ0v) is 17.3. The maximum atomic E-state index is 5.97. The number of para-hydroxylation sites is 2. The maximum absolute atomic E-state index is 5.97. The summed E-state index contributed by atoms with van der Waals surface area (Å²) in [6.07, 6.45) is 0. The zero-order chi connectivity index (χ0) is 20.9. The van der Waals surface area contributed by atoms with Crippen LogP contribution in [0.1, 0.15) is 0 Å². The Morgan fingerprint density at radius 1 is 0.767 bits per heavy atom. The first-order chi connectivity index (χ1) is 14.7. The molecule has 4 rings (SSSR count). The van der Waals surface area contributed by atoms with E-state index < -0.39 is 0 Å². The van der Waals surface area contributed by atoms with Crippen molar-refractivity contribution in [3.05, 3.63) is 66.7 Å². The third-order valence-corrected chi connectivity index (χ3v) is 4.92. The SMILES string of the molecule is COc1cccc(OCCn2c(-c3ccc(OC)c(OC)c3)nc3ccccc32)c1. The van der Waals surface area contributed by atoms with Crippen molar-refractivity contribution in [3.63, 3.8) is 0 Å². The molecule has 6 nitrogen and oxygen atoms in total. The van der Waals surface area contributed by atoms with Crippen molar-refractivity contribution in [2.24, 2.45) is 0 Å². The molecule has 0 saturated carbocycles. The summed E-state index contributed by atoms with van der Waals surface area (Å²) in [5, 5.41) is 0. The highest BCUT2D eigenvalue weighted by Crippen LogP contribution is 2.33. The smallest absolute Gasteiger partial charge is 0.161 e. The summed E-state index contributed by atoms with van der Waals surface area (Å²) in [7, 11) is 4.90. The molecule has 0 fully saturated rings. The van der Waals surface area contributed by atoms with Crippen molar-refractivity contribution in [2.45, 2.75) is 6.54 Å². The highest BCUT2D eigenvalue weighted by atomic mass is 16.5. The van der Waals surface area contributed by atoms with Crippen LogP contribution in [0, 0.1) is 0 Å². The number of rotatable bonds is 8. The third-order valence-electron chi connectivity index (χ3n) is 4.92. The molecule has 0 aliphatic rings. The molecule has 0 amide bonds. The van der Waals surface area contributed by atoms with E-state index in [1.807, 2.05) is 60.7 Å². The van der Waals surface area contributed by atoms with Crippen LogP contribution in [-0.4, -0.2) is 37.5 Å². The fourth-order valence-corrected chi connectivity index (χ4v) is 3.44. The topological polar surface area (TPSA) is 54.7 Å². The minimum atomic E-state index is 0.494. The highest BCUT2D eigenvalue weighted by Gasteiger charge is 2.15. The second kappa shape index (κ2) is 8.78. The Hall–Kier alpha value is -3.67. The van der Waals surface area contributed by atoms with Crippen LogP contribution < -0.4 is 18.9 Å². The molecule has 1 aromatic heterocycles. The quantitative estimate of drug-likeness (QED) is 0.422. The molecule has 1 heterocycles. The first-order valence-electron chi connectivity index (χ1n) is 9.68. The predicted molar refractivity (Wildman–Crippen MR) is 117 cm³/mol. The fourth-order valence-electron chi connectivity index (χ4n) is 3.44. The van der Waals surface area contributed by atoms with Crippen LogP contribution in [-0.2, 0) is 6.54 Å². The summed E-state index contributed by atoms with van der Waals surface area (Å²) in [4.78, 5) is 4.86. The molecule has 0 aliphatic carbocycles. The summed E-state index contributed by atoms with van der Waals surface area (Å²) in [5.74, 6) is 3.75. The molecule has 0 N–H and O–H groups in total. The number of aromatic nitrogens is 2. The molecule has 0 unspecified atom stereocenters. The molecule has 30 heavy (non-hydrogen) atoms. The van der Waals surface area contributed by atoms with Gasteiger partial charge in [-0.25, -0.2) is 4.98 Å². The van der Waals surface area contributed by atoms with E-state index in [9.17, 15) is 0 Å². The monoisotopic (exact) mass is 404 g/mol. The lowest BCUT2D eigenvalue weighted by Gasteiger charge is -2.13. The molecule has 0 aliphatic heterocycles. The fraction of sp³-hybridized carbons (Fsp3) is 0.208. The molecule has 4 aromatic rings. The average Bonchev–Trinajstić information content (AvgIpc) is 3.17. The van der Waals surface area contributed by atoms with Gasteiger partial charge in [0.2, 0.25) is 0 Å². The number of imidazole rings is 1. The molecule has 0 radical (unpaired) electrons. The van der Waals surface area contributed by atoms with Crippen molar-refractivity contribution in [2.75, 3.05) is 27.9 Å². The van der Waals surface area contributed by atoms with Crippen LogP contribution in [0.4, 0.5) is 0 Å². The summed E-state index contributed by atoms with van der Waals surface area (Å²) in [6.45, 7) is 1.13. The van der Waals surface area contributed by atoms with Gasteiger partial charge in [0, 0.05) is 11.6 Å². The second-order valence-corrected chi connectivity index (χ2v) is 6.67. The summed E-state index contributed by atoms with van der Waals surface area (Å²) in [6, 6.07) is 21.5. The third kappa shape index (κ3) is 3.89. The van der Waals surface area contributed by atoms with E-state index >= 15 is 0 Å².